The fourth-order valence-corrected chi connectivity index (χ4v) is 3.00. The van der Waals surface area contributed by atoms with Crippen LogP contribution in [0, 0.1) is 0 Å². The van der Waals surface area contributed by atoms with Gasteiger partial charge in [0.15, 0.2) is 0 Å². The van der Waals surface area contributed by atoms with E-state index in [2.05, 4.69) is 27.0 Å². The van der Waals surface area contributed by atoms with E-state index in [1.165, 1.54) is 0 Å². The summed E-state index contributed by atoms with van der Waals surface area (Å²) in [6.07, 6.45) is 3.65. The van der Waals surface area contributed by atoms with Gasteiger partial charge < -0.3 is 9.88 Å². The standard InChI is InChI=1S/C15H15BrN2O/c1-18(2)8-9-3-5-11-12-7-10(16)4-6-13(12)17-14(11)15(9)19/h4,6-8,17H,3,5H2,1-2H3. The highest BCUT2D eigenvalue weighted by Gasteiger charge is 2.25. The number of nitrogens with one attached hydrogen (secondary N) is 1. The molecule has 0 saturated heterocycles. The molecule has 1 aromatic carbocycles. The zero-order valence-electron chi connectivity index (χ0n) is 11.0. The largest absolute Gasteiger partial charge is 0.383 e. The number of aromatic amines is 1. The second-order valence-electron chi connectivity index (χ2n) is 5.12. The van der Waals surface area contributed by atoms with Gasteiger partial charge in [0.2, 0.25) is 5.78 Å². The molecule has 0 unspecified atom stereocenters. The van der Waals surface area contributed by atoms with Gasteiger partial charge in [0, 0.05) is 41.2 Å². The van der Waals surface area contributed by atoms with Gasteiger partial charge >= 0.3 is 0 Å². The maximum absolute atomic E-state index is 12.5. The molecular formula is C15H15BrN2O. The Hall–Kier alpha value is -1.55. The van der Waals surface area contributed by atoms with Crippen molar-refractivity contribution in [3.05, 3.63) is 45.7 Å². The van der Waals surface area contributed by atoms with Crippen molar-refractivity contribution in [2.45, 2.75) is 12.8 Å². The number of carbonyl (C=O) groups is 1. The minimum atomic E-state index is 0.127. The number of ketones is 1. The third-order valence-corrected chi connectivity index (χ3v) is 3.94. The van der Waals surface area contributed by atoms with Gasteiger partial charge in [0.1, 0.15) is 0 Å². The number of halogens is 1. The van der Waals surface area contributed by atoms with Gasteiger partial charge in [-0.1, -0.05) is 15.9 Å². The maximum atomic E-state index is 12.5. The summed E-state index contributed by atoms with van der Waals surface area (Å²) >= 11 is 3.49. The van der Waals surface area contributed by atoms with Crippen molar-refractivity contribution in [3.63, 3.8) is 0 Å². The first kappa shape index (κ1) is 12.5. The molecule has 0 spiro atoms. The van der Waals surface area contributed by atoms with Crippen LogP contribution in [0.3, 0.4) is 0 Å². The molecular weight excluding hydrogens is 304 g/mol. The van der Waals surface area contributed by atoms with Gasteiger partial charge in [-0.25, -0.2) is 0 Å². The molecule has 0 saturated carbocycles. The second-order valence-corrected chi connectivity index (χ2v) is 6.03. The minimum Gasteiger partial charge on any atom is -0.383 e. The monoisotopic (exact) mass is 318 g/mol. The average molecular weight is 319 g/mol. The molecule has 1 aliphatic rings. The maximum Gasteiger partial charge on any atom is 0.206 e. The van der Waals surface area contributed by atoms with Crippen molar-refractivity contribution >= 4 is 32.6 Å². The summed E-state index contributed by atoms with van der Waals surface area (Å²) in [6, 6.07) is 6.09. The molecule has 98 valence electrons. The van der Waals surface area contributed by atoms with Crippen LogP contribution in [0.2, 0.25) is 0 Å². The number of aryl methyl sites for hydroxylation is 1. The van der Waals surface area contributed by atoms with Crippen molar-refractivity contribution < 1.29 is 4.79 Å². The molecule has 1 heterocycles. The summed E-state index contributed by atoms with van der Waals surface area (Å²) in [5, 5.41) is 1.15. The van der Waals surface area contributed by atoms with Gasteiger partial charge in [-0.2, -0.15) is 0 Å². The van der Waals surface area contributed by atoms with Crippen molar-refractivity contribution in [2.75, 3.05) is 14.1 Å². The van der Waals surface area contributed by atoms with Crippen LogP contribution in [0.25, 0.3) is 10.9 Å². The van der Waals surface area contributed by atoms with Crippen molar-refractivity contribution in [2.24, 2.45) is 0 Å². The SMILES string of the molecule is CN(C)C=C1CCc2c([nH]c3ccc(Br)cc23)C1=O. The minimum absolute atomic E-state index is 0.127. The summed E-state index contributed by atoms with van der Waals surface area (Å²) in [6.45, 7) is 0. The number of fused-ring (bicyclic) bond motifs is 3. The average Bonchev–Trinajstić information content (AvgIpc) is 2.71. The van der Waals surface area contributed by atoms with Gasteiger partial charge in [0.25, 0.3) is 0 Å². The molecule has 0 fully saturated rings. The van der Waals surface area contributed by atoms with E-state index in [1.807, 2.05) is 37.3 Å². The Morgan fingerprint density at radius 1 is 1.32 bits per heavy atom. The van der Waals surface area contributed by atoms with Crippen LogP contribution < -0.4 is 0 Å². The first-order valence-corrected chi connectivity index (χ1v) is 7.07. The van der Waals surface area contributed by atoms with Crippen LogP contribution in [0.15, 0.2) is 34.4 Å². The van der Waals surface area contributed by atoms with E-state index in [0.717, 1.165) is 45.0 Å². The first-order chi connectivity index (χ1) is 9.06. The summed E-state index contributed by atoms with van der Waals surface area (Å²) in [7, 11) is 3.89. The lowest BCUT2D eigenvalue weighted by atomic mass is 9.91. The zero-order chi connectivity index (χ0) is 13.6. The van der Waals surface area contributed by atoms with Crippen LogP contribution in [0.4, 0.5) is 0 Å². The number of allylic oxidation sites excluding steroid dienone is 1. The Morgan fingerprint density at radius 2 is 2.11 bits per heavy atom. The smallest absolute Gasteiger partial charge is 0.206 e. The molecule has 19 heavy (non-hydrogen) atoms. The van der Waals surface area contributed by atoms with E-state index in [-0.39, 0.29) is 5.78 Å². The summed E-state index contributed by atoms with van der Waals surface area (Å²) in [5.41, 5.74) is 3.82. The topological polar surface area (TPSA) is 36.1 Å². The molecule has 1 aromatic heterocycles. The quantitative estimate of drug-likeness (QED) is 0.817. The van der Waals surface area contributed by atoms with Crippen LogP contribution in [0.1, 0.15) is 22.5 Å². The lowest BCUT2D eigenvalue weighted by Crippen LogP contribution is -2.16. The highest BCUT2D eigenvalue weighted by Crippen LogP contribution is 2.32. The Morgan fingerprint density at radius 3 is 2.84 bits per heavy atom. The number of nitrogens with zero attached hydrogens (tertiary/aromatic N) is 1. The van der Waals surface area contributed by atoms with Crippen LogP contribution in [0.5, 0.6) is 0 Å². The van der Waals surface area contributed by atoms with Gasteiger partial charge in [-0.3, -0.25) is 4.79 Å². The Bertz CT molecular complexity index is 697. The van der Waals surface area contributed by atoms with Gasteiger partial charge in [-0.15, -0.1) is 0 Å². The number of hydrogen-bond acceptors (Lipinski definition) is 2. The normalized spacial score (nSPS) is 17.0. The predicted octanol–water partition coefficient (Wildman–Crippen LogP) is 3.50. The Balaban J connectivity index is 2.15. The molecule has 4 heteroatoms. The molecule has 1 aliphatic carbocycles. The van der Waals surface area contributed by atoms with Gasteiger partial charge in [-0.05, 0) is 36.6 Å². The third kappa shape index (κ3) is 2.10. The van der Waals surface area contributed by atoms with E-state index in [1.54, 1.807) is 0 Å². The third-order valence-electron chi connectivity index (χ3n) is 3.45. The van der Waals surface area contributed by atoms with Crippen molar-refractivity contribution in [3.8, 4) is 0 Å². The summed E-state index contributed by atoms with van der Waals surface area (Å²) < 4.78 is 1.05. The zero-order valence-corrected chi connectivity index (χ0v) is 12.5. The highest BCUT2D eigenvalue weighted by atomic mass is 79.9. The van der Waals surface area contributed by atoms with E-state index in [4.69, 9.17) is 0 Å². The Labute approximate surface area is 120 Å². The van der Waals surface area contributed by atoms with Crippen molar-refractivity contribution in [1.29, 1.82) is 0 Å². The molecule has 0 aliphatic heterocycles. The number of benzene rings is 1. The Kier molecular flexibility index (Phi) is 2.97. The fraction of sp³-hybridized carbons (Fsp3) is 0.267. The van der Waals surface area contributed by atoms with E-state index >= 15 is 0 Å². The van der Waals surface area contributed by atoms with Gasteiger partial charge in [0.05, 0.1) is 5.69 Å². The molecule has 0 bridgehead atoms. The number of H-pyrrole nitrogens is 1. The van der Waals surface area contributed by atoms with E-state index < -0.39 is 0 Å². The first-order valence-electron chi connectivity index (χ1n) is 6.28. The summed E-state index contributed by atoms with van der Waals surface area (Å²) in [5.74, 6) is 0.127. The molecule has 1 N–H and O–H groups in total. The summed E-state index contributed by atoms with van der Waals surface area (Å²) in [4.78, 5) is 17.7. The second kappa shape index (κ2) is 4.53. The molecule has 2 aromatic rings. The van der Waals surface area contributed by atoms with Crippen LogP contribution in [-0.4, -0.2) is 29.8 Å². The molecule has 3 rings (SSSR count). The highest BCUT2D eigenvalue weighted by molar-refractivity contribution is 9.10. The molecule has 0 amide bonds. The van der Waals surface area contributed by atoms with Crippen LogP contribution in [-0.2, 0) is 6.42 Å². The lowest BCUT2D eigenvalue weighted by Gasteiger charge is -2.16. The number of rotatable bonds is 1. The number of Topliss-reactive ketones (excluding diaryl/α,β-unsaturated/α-hetero) is 1. The molecule has 0 atom stereocenters. The number of hydrogen-bond donors (Lipinski definition) is 1. The van der Waals surface area contributed by atoms with E-state index in [0.29, 0.717) is 0 Å². The number of aromatic nitrogens is 1. The lowest BCUT2D eigenvalue weighted by molar-refractivity contribution is 0.102. The molecule has 0 radical (unpaired) electrons. The molecule has 3 nitrogen and oxygen atoms in total. The number of carbonyl (C=O) groups excluding carboxylic acids is 1. The predicted molar refractivity (Wildman–Crippen MR) is 80.4 cm³/mol. The van der Waals surface area contributed by atoms with E-state index in [9.17, 15) is 4.79 Å². The fourth-order valence-electron chi connectivity index (χ4n) is 2.64. The van der Waals surface area contributed by atoms with Crippen LogP contribution >= 0.6 is 15.9 Å². The van der Waals surface area contributed by atoms with Crippen molar-refractivity contribution in [1.82, 2.24) is 9.88 Å².